The normalized spacial score (nSPS) is 11.0. The molecule has 0 radical (unpaired) electrons. The highest BCUT2D eigenvalue weighted by molar-refractivity contribution is 7.99. The van der Waals surface area contributed by atoms with Gasteiger partial charge in [-0.15, -0.1) is 0 Å². The average Bonchev–Trinajstić information content (AvgIpc) is 3.30. The number of thioether (sulfide) groups is 1. The molecule has 27 heavy (non-hydrogen) atoms. The number of carbonyl (C=O) groups excluding carboxylic acids is 1. The molecule has 0 saturated carbocycles. The molecule has 3 aromatic rings. The molecule has 1 aromatic carbocycles. The predicted molar refractivity (Wildman–Crippen MR) is 104 cm³/mol. The van der Waals surface area contributed by atoms with E-state index in [1.165, 1.54) is 17.3 Å². The van der Waals surface area contributed by atoms with Crippen molar-refractivity contribution in [1.82, 2.24) is 24.6 Å². The van der Waals surface area contributed by atoms with Gasteiger partial charge in [0.25, 0.3) is 0 Å². The summed E-state index contributed by atoms with van der Waals surface area (Å²) in [6.07, 6.45) is 4.38. The average molecular weight is 385 g/mol. The van der Waals surface area contributed by atoms with Gasteiger partial charge in [-0.25, -0.2) is 4.98 Å². The van der Waals surface area contributed by atoms with Gasteiger partial charge in [-0.2, -0.15) is 4.98 Å². The minimum atomic E-state index is -0.0215. The van der Waals surface area contributed by atoms with Crippen LogP contribution < -0.4 is 0 Å². The van der Waals surface area contributed by atoms with E-state index in [0.29, 0.717) is 24.7 Å². The van der Waals surface area contributed by atoms with Gasteiger partial charge in [-0.1, -0.05) is 36.0 Å². The Labute approximate surface area is 162 Å². The molecule has 0 aliphatic heterocycles. The van der Waals surface area contributed by atoms with E-state index in [4.69, 9.17) is 4.52 Å². The number of nitrogens with zero attached hydrogens (tertiary/aromatic N) is 5. The summed E-state index contributed by atoms with van der Waals surface area (Å²) < 4.78 is 7.17. The fourth-order valence-corrected chi connectivity index (χ4v) is 3.49. The maximum absolute atomic E-state index is 12.5. The van der Waals surface area contributed by atoms with Crippen molar-refractivity contribution >= 4 is 17.7 Å². The number of amides is 1. The minimum absolute atomic E-state index is 0.0215. The number of aryl methyl sites for hydroxylation is 3. The van der Waals surface area contributed by atoms with Crippen molar-refractivity contribution in [1.29, 1.82) is 0 Å². The summed E-state index contributed by atoms with van der Waals surface area (Å²) >= 11 is 1.41. The Morgan fingerprint density at radius 3 is 2.89 bits per heavy atom. The molecule has 0 bridgehead atoms. The highest BCUT2D eigenvalue weighted by Crippen LogP contribution is 2.24. The zero-order chi connectivity index (χ0) is 19.4. The third kappa shape index (κ3) is 4.57. The highest BCUT2D eigenvalue weighted by Gasteiger charge is 2.16. The van der Waals surface area contributed by atoms with Gasteiger partial charge in [-0.3, -0.25) is 9.36 Å². The van der Waals surface area contributed by atoms with E-state index in [-0.39, 0.29) is 11.7 Å². The van der Waals surface area contributed by atoms with Crippen LogP contribution >= 0.6 is 11.8 Å². The summed E-state index contributed by atoms with van der Waals surface area (Å²) in [6.45, 7) is 6.39. The predicted octanol–water partition coefficient (Wildman–Crippen LogP) is 3.19. The van der Waals surface area contributed by atoms with Crippen molar-refractivity contribution in [2.75, 3.05) is 12.8 Å². The Hall–Kier alpha value is -2.61. The zero-order valence-corrected chi connectivity index (χ0v) is 16.8. The molecular weight excluding hydrogens is 362 g/mol. The first-order chi connectivity index (χ1) is 13.0. The van der Waals surface area contributed by atoms with Gasteiger partial charge in [0, 0.05) is 25.9 Å². The van der Waals surface area contributed by atoms with Gasteiger partial charge in [-0.05, 0) is 31.0 Å². The Kier molecular flexibility index (Phi) is 5.95. The van der Waals surface area contributed by atoms with Crippen LogP contribution in [-0.2, 0) is 17.8 Å². The lowest BCUT2D eigenvalue weighted by atomic mass is 10.1. The molecule has 3 rings (SSSR count). The summed E-state index contributed by atoms with van der Waals surface area (Å²) in [5.74, 6) is 1.36. The van der Waals surface area contributed by atoms with E-state index in [9.17, 15) is 4.79 Å². The van der Waals surface area contributed by atoms with E-state index < -0.39 is 0 Å². The molecule has 0 unspecified atom stereocenters. The van der Waals surface area contributed by atoms with Crippen LogP contribution in [0.15, 0.2) is 40.3 Å². The van der Waals surface area contributed by atoms with Crippen molar-refractivity contribution in [2.24, 2.45) is 0 Å². The number of aromatic nitrogens is 4. The Bertz CT molecular complexity index is 934. The molecule has 2 heterocycles. The maximum atomic E-state index is 12.5. The summed E-state index contributed by atoms with van der Waals surface area (Å²) in [5.41, 5.74) is 3.42. The second kappa shape index (κ2) is 8.39. The lowest BCUT2D eigenvalue weighted by molar-refractivity contribution is -0.127. The van der Waals surface area contributed by atoms with Gasteiger partial charge < -0.3 is 9.42 Å². The first-order valence-electron chi connectivity index (χ1n) is 8.77. The number of rotatable bonds is 7. The second-order valence-electron chi connectivity index (χ2n) is 6.37. The second-order valence-corrected chi connectivity index (χ2v) is 7.31. The third-order valence-electron chi connectivity index (χ3n) is 4.18. The Morgan fingerprint density at radius 2 is 2.15 bits per heavy atom. The number of benzene rings is 1. The lowest BCUT2D eigenvalue weighted by Crippen LogP contribution is -2.28. The molecule has 142 valence electrons. The van der Waals surface area contributed by atoms with E-state index >= 15 is 0 Å². The van der Waals surface area contributed by atoms with Crippen LogP contribution in [0.5, 0.6) is 0 Å². The highest BCUT2D eigenvalue weighted by atomic mass is 32.2. The van der Waals surface area contributed by atoms with E-state index in [1.54, 1.807) is 18.1 Å². The van der Waals surface area contributed by atoms with Crippen molar-refractivity contribution in [2.45, 2.75) is 38.9 Å². The van der Waals surface area contributed by atoms with Gasteiger partial charge in [0.1, 0.15) is 0 Å². The summed E-state index contributed by atoms with van der Waals surface area (Å²) in [5, 5.41) is 4.64. The SMILES string of the molecule is CCc1noc(CN(C)C(=O)CSc2nccn2-c2cc(C)ccc2C)n1. The van der Waals surface area contributed by atoms with Crippen LogP contribution in [0.4, 0.5) is 0 Å². The molecule has 0 N–H and O–H groups in total. The molecule has 0 fully saturated rings. The smallest absolute Gasteiger partial charge is 0.246 e. The van der Waals surface area contributed by atoms with Crippen LogP contribution in [0, 0.1) is 13.8 Å². The van der Waals surface area contributed by atoms with Crippen molar-refractivity contribution in [3.05, 3.63) is 53.4 Å². The number of carbonyl (C=O) groups is 1. The van der Waals surface area contributed by atoms with Crippen LogP contribution in [0.1, 0.15) is 29.8 Å². The van der Waals surface area contributed by atoms with Crippen LogP contribution in [-0.4, -0.2) is 43.3 Å². The third-order valence-corrected chi connectivity index (χ3v) is 5.13. The first-order valence-corrected chi connectivity index (χ1v) is 9.75. The van der Waals surface area contributed by atoms with Gasteiger partial charge in [0.15, 0.2) is 11.0 Å². The zero-order valence-electron chi connectivity index (χ0n) is 16.0. The van der Waals surface area contributed by atoms with Crippen LogP contribution in [0.2, 0.25) is 0 Å². The molecule has 1 amide bonds. The number of hydrogen-bond donors (Lipinski definition) is 0. The molecule has 7 nitrogen and oxygen atoms in total. The van der Waals surface area contributed by atoms with E-state index in [1.807, 2.05) is 17.7 Å². The topological polar surface area (TPSA) is 77.0 Å². The van der Waals surface area contributed by atoms with Crippen molar-refractivity contribution in [3.63, 3.8) is 0 Å². The summed E-state index contributed by atoms with van der Waals surface area (Å²) in [6, 6.07) is 6.30. The largest absolute Gasteiger partial charge is 0.337 e. The molecule has 0 spiro atoms. The van der Waals surface area contributed by atoms with E-state index in [0.717, 1.165) is 16.4 Å². The van der Waals surface area contributed by atoms with Gasteiger partial charge in [0.2, 0.25) is 11.8 Å². The summed E-state index contributed by atoms with van der Waals surface area (Å²) in [7, 11) is 1.73. The monoisotopic (exact) mass is 385 g/mol. The quantitative estimate of drug-likeness (QED) is 0.581. The van der Waals surface area contributed by atoms with Crippen LogP contribution in [0.3, 0.4) is 0 Å². The van der Waals surface area contributed by atoms with E-state index in [2.05, 4.69) is 47.2 Å². The first kappa shape index (κ1) is 19.2. The van der Waals surface area contributed by atoms with Crippen molar-refractivity contribution in [3.8, 4) is 5.69 Å². The fraction of sp³-hybridized carbons (Fsp3) is 0.368. The molecule has 0 aliphatic rings. The molecule has 0 atom stereocenters. The van der Waals surface area contributed by atoms with Crippen molar-refractivity contribution < 1.29 is 9.32 Å². The number of imidazole rings is 1. The Morgan fingerprint density at radius 1 is 1.33 bits per heavy atom. The van der Waals surface area contributed by atoms with Crippen LogP contribution in [0.25, 0.3) is 5.69 Å². The minimum Gasteiger partial charge on any atom is -0.337 e. The standard InChI is InChI=1S/C19H23N5O2S/c1-5-16-21-17(26-22-16)11-23(4)18(25)12-27-19-20-8-9-24(19)15-10-13(2)6-7-14(15)3/h6-10H,5,11-12H2,1-4H3. The molecule has 0 saturated heterocycles. The fourth-order valence-electron chi connectivity index (χ4n) is 2.58. The lowest BCUT2D eigenvalue weighted by Gasteiger charge is -2.15. The molecule has 8 heteroatoms. The van der Waals surface area contributed by atoms with Gasteiger partial charge >= 0.3 is 0 Å². The maximum Gasteiger partial charge on any atom is 0.246 e. The molecular formula is C19H23N5O2S. The van der Waals surface area contributed by atoms with Gasteiger partial charge in [0.05, 0.1) is 18.0 Å². The molecule has 0 aliphatic carbocycles. The number of hydrogen-bond acceptors (Lipinski definition) is 6. The Balaban J connectivity index is 1.64. The summed E-state index contributed by atoms with van der Waals surface area (Å²) in [4.78, 5) is 22.7. The molecule has 2 aromatic heterocycles.